The molecule has 6 heteroatoms. The van der Waals surface area contributed by atoms with Crippen LogP contribution in [-0.4, -0.2) is 57.3 Å². The highest BCUT2D eigenvalue weighted by Crippen LogP contribution is 2.15. The molecule has 0 bridgehead atoms. The summed E-state index contributed by atoms with van der Waals surface area (Å²) >= 11 is 0. The van der Waals surface area contributed by atoms with Crippen LogP contribution in [-0.2, 0) is 4.79 Å². The Morgan fingerprint density at radius 2 is 1.25 bits per heavy atom. The van der Waals surface area contributed by atoms with Gasteiger partial charge in [-0.05, 0) is 44.9 Å². The van der Waals surface area contributed by atoms with Gasteiger partial charge in [0.25, 0.3) is 0 Å². The molecule has 0 aromatic heterocycles. The Labute approximate surface area is 270 Å². The lowest BCUT2D eigenvalue weighted by Gasteiger charge is -2.26. The second-order valence-electron chi connectivity index (χ2n) is 11.9. The average Bonchev–Trinajstić information content (AvgIpc) is 3.02. The van der Waals surface area contributed by atoms with Crippen molar-refractivity contribution < 1.29 is 25.2 Å². The smallest absolute Gasteiger partial charge is 0.220 e. The van der Waals surface area contributed by atoms with Gasteiger partial charge in [-0.25, -0.2) is 0 Å². The summed E-state index contributed by atoms with van der Waals surface area (Å²) in [7, 11) is 0. The van der Waals surface area contributed by atoms with Gasteiger partial charge in [0, 0.05) is 6.42 Å². The van der Waals surface area contributed by atoms with E-state index in [-0.39, 0.29) is 5.91 Å². The van der Waals surface area contributed by atoms with Gasteiger partial charge in [-0.2, -0.15) is 0 Å². The van der Waals surface area contributed by atoms with E-state index in [1.165, 1.54) is 57.8 Å². The number of rotatable bonds is 30. The van der Waals surface area contributed by atoms with Crippen LogP contribution in [0.2, 0.25) is 0 Å². The molecule has 0 radical (unpaired) electrons. The van der Waals surface area contributed by atoms with Crippen LogP contribution in [0.15, 0.2) is 60.8 Å². The van der Waals surface area contributed by atoms with Crippen molar-refractivity contribution in [1.82, 2.24) is 5.32 Å². The van der Waals surface area contributed by atoms with Gasteiger partial charge in [0.15, 0.2) is 0 Å². The third-order valence-corrected chi connectivity index (χ3v) is 7.71. The fourth-order valence-corrected chi connectivity index (χ4v) is 4.92. The summed E-state index contributed by atoms with van der Waals surface area (Å²) in [6.07, 6.45) is 37.9. The van der Waals surface area contributed by atoms with Gasteiger partial charge in [0.05, 0.1) is 24.9 Å². The molecule has 254 valence electrons. The average molecular weight is 618 g/mol. The highest BCUT2D eigenvalue weighted by Gasteiger charge is 2.26. The second-order valence-corrected chi connectivity index (χ2v) is 11.9. The predicted molar refractivity (Wildman–Crippen MR) is 186 cm³/mol. The number of aliphatic hydroxyl groups excluding tert-OH is 4. The zero-order chi connectivity index (χ0) is 32.5. The summed E-state index contributed by atoms with van der Waals surface area (Å²) in [6.45, 7) is 3.89. The van der Waals surface area contributed by atoms with Crippen molar-refractivity contribution in [3.8, 4) is 0 Å². The SMILES string of the molecule is CC/C=C\C(O)C/C=C/C=C\C/C=C\C/C=C\CCCC(=O)N[C@@H](CO)C(O)C(O)CCCCCCCCCCCCCC. The van der Waals surface area contributed by atoms with E-state index < -0.39 is 31.0 Å². The van der Waals surface area contributed by atoms with Gasteiger partial charge in [0.1, 0.15) is 6.10 Å². The van der Waals surface area contributed by atoms with Crippen LogP contribution < -0.4 is 5.32 Å². The van der Waals surface area contributed by atoms with Crippen LogP contribution in [0.3, 0.4) is 0 Å². The number of carbonyl (C=O) groups excluding carboxylic acids is 1. The van der Waals surface area contributed by atoms with E-state index in [1.807, 2.05) is 37.3 Å². The molecule has 0 rings (SSSR count). The van der Waals surface area contributed by atoms with Crippen molar-refractivity contribution in [2.45, 2.75) is 167 Å². The fourth-order valence-electron chi connectivity index (χ4n) is 4.92. The molecule has 5 N–H and O–H groups in total. The molecule has 3 unspecified atom stereocenters. The molecule has 0 aliphatic carbocycles. The Morgan fingerprint density at radius 3 is 1.86 bits per heavy atom. The first-order chi connectivity index (χ1) is 21.5. The van der Waals surface area contributed by atoms with E-state index in [1.54, 1.807) is 0 Å². The Hall–Kier alpha value is -1.99. The molecule has 6 nitrogen and oxygen atoms in total. The minimum atomic E-state index is -1.17. The number of amides is 1. The zero-order valence-electron chi connectivity index (χ0n) is 28.1. The Balaban J connectivity index is 3.90. The third-order valence-electron chi connectivity index (χ3n) is 7.71. The quantitative estimate of drug-likeness (QED) is 0.0317. The number of allylic oxidation sites excluding steroid dienone is 8. The number of hydrogen-bond donors (Lipinski definition) is 5. The highest BCUT2D eigenvalue weighted by molar-refractivity contribution is 5.76. The number of carbonyl (C=O) groups is 1. The van der Waals surface area contributed by atoms with E-state index in [0.717, 1.165) is 44.9 Å². The molecule has 0 heterocycles. The largest absolute Gasteiger partial charge is 0.394 e. The van der Waals surface area contributed by atoms with E-state index in [4.69, 9.17) is 0 Å². The molecule has 0 aromatic rings. The molecule has 0 aromatic carbocycles. The lowest BCUT2D eigenvalue weighted by molar-refractivity contribution is -0.124. The molecule has 0 fully saturated rings. The van der Waals surface area contributed by atoms with Gasteiger partial charge in [-0.15, -0.1) is 0 Å². The maximum atomic E-state index is 12.3. The lowest BCUT2D eigenvalue weighted by Crippen LogP contribution is -2.50. The standard InChI is InChI=1S/C38H67NO5/c1-3-5-7-8-9-10-11-15-18-21-24-27-31-36(42)38(44)35(33-40)39-37(43)32-28-25-22-19-16-13-12-14-17-20-23-26-30-34(41)29-6-4-2/h6,12-13,17,19-20,22-23,26,29,34-36,38,40-42,44H,3-5,7-11,14-16,18,21,24-25,27-28,30-33H2,1-2H3,(H,39,43)/b13-12-,20-17-,22-19-,26-23+,29-6-/t34?,35-,36?,38?/m0/s1. The van der Waals surface area contributed by atoms with Gasteiger partial charge in [-0.1, -0.05) is 152 Å². The second kappa shape index (κ2) is 32.4. The van der Waals surface area contributed by atoms with Gasteiger partial charge in [0.2, 0.25) is 5.91 Å². The summed E-state index contributed by atoms with van der Waals surface area (Å²) in [5.41, 5.74) is 0. The van der Waals surface area contributed by atoms with Gasteiger partial charge < -0.3 is 25.7 Å². The minimum absolute atomic E-state index is 0.221. The maximum Gasteiger partial charge on any atom is 0.220 e. The maximum absolute atomic E-state index is 12.3. The van der Waals surface area contributed by atoms with Gasteiger partial charge >= 0.3 is 0 Å². The first-order valence-corrected chi connectivity index (χ1v) is 17.7. The molecule has 0 aliphatic rings. The van der Waals surface area contributed by atoms with Crippen molar-refractivity contribution >= 4 is 5.91 Å². The topological polar surface area (TPSA) is 110 Å². The molecular weight excluding hydrogens is 550 g/mol. The predicted octanol–water partition coefficient (Wildman–Crippen LogP) is 8.17. The Kier molecular flexibility index (Phi) is 30.9. The summed E-state index contributed by atoms with van der Waals surface area (Å²) in [6, 6.07) is -0.852. The summed E-state index contributed by atoms with van der Waals surface area (Å²) in [5, 5.41) is 42.9. The van der Waals surface area contributed by atoms with E-state index in [9.17, 15) is 25.2 Å². The summed E-state index contributed by atoms with van der Waals surface area (Å²) < 4.78 is 0. The van der Waals surface area contributed by atoms with Crippen LogP contribution >= 0.6 is 0 Å². The number of aliphatic hydroxyl groups is 4. The Bertz CT molecular complexity index is 788. The van der Waals surface area contributed by atoms with Crippen LogP contribution in [0.1, 0.15) is 142 Å². The molecule has 4 atom stereocenters. The molecule has 0 saturated heterocycles. The van der Waals surface area contributed by atoms with Crippen molar-refractivity contribution in [2.24, 2.45) is 0 Å². The number of nitrogens with one attached hydrogen (secondary N) is 1. The van der Waals surface area contributed by atoms with Crippen LogP contribution in [0, 0.1) is 0 Å². The summed E-state index contributed by atoms with van der Waals surface area (Å²) in [4.78, 5) is 12.3. The Morgan fingerprint density at radius 1 is 0.682 bits per heavy atom. The zero-order valence-corrected chi connectivity index (χ0v) is 28.1. The van der Waals surface area contributed by atoms with E-state index in [2.05, 4.69) is 42.6 Å². The van der Waals surface area contributed by atoms with Crippen molar-refractivity contribution in [1.29, 1.82) is 0 Å². The van der Waals surface area contributed by atoms with Crippen molar-refractivity contribution in [3.63, 3.8) is 0 Å². The van der Waals surface area contributed by atoms with Crippen molar-refractivity contribution in [2.75, 3.05) is 6.61 Å². The molecule has 44 heavy (non-hydrogen) atoms. The molecular formula is C38H67NO5. The van der Waals surface area contributed by atoms with Crippen molar-refractivity contribution in [3.05, 3.63) is 60.8 Å². The van der Waals surface area contributed by atoms with E-state index >= 15 is 0 Å². The monoisotopic (exact) mass is 618 g/mol. The van der Waals surface area contributed by atoms with E-state index in [0.29, 0.717) is 25.7 Å². The normalized spacial score (nSPS) is 15.3. The minimum Gasteiger partial charge on any atom is -0.394 e. The molecule has 0 aliphatic heterocycles. The molecule has 1 amide bonds. The first-order valence-electron chi connectivity index (χ1n) is 17.7. The third kappa shape index (κ3) is 27.6. The fraction of sp³-hybridized carbons (Fsp3) is 0.711. The van der Waals surface area contributed by atoms with Crippen LogP contribution in [0.4, 0.5) is 0 Å². The molecule has 0 spiro atoms. The van der Waals surface area contributed by atoms with Crippen LogP contribution in [0.5, 0.6) is 0 Å². The first kappa shape index (κ1) is 42.0. The van der Waals surface area contributed by atoms with Crippen LogP contribution in [0.25, 0.3) is 0 Å². The molecule has 0 saturated carbocycles. The number of hydrogen-bond acceptors (Lipinski definition) is 5. The highest BCUT2D eigenvalue weighted by atomic mass is 16.3. The summed E-state index contributed by atoms with van der Waals surface area (Å²) in [5.74, 6) is -0.221. The van der Waals surface area contributed by atoms with Gasteiger partial charge in [-0.3, -0.25) is 4.79 Å². The number of unbranched alkanes of at least 4 members (excludes halogenated alkanes) is 12. The lowest BCUT2D eigenvalue weighted by atomic mass is 9.99.